The van der Waals surface area contributed by atoms with Crippen LogP contribution in [0.15, 0.2) is 53.7 Å². The Morgan fingerprint density at radius 1 is 1.20 bits per heavy atom. The zero-order valence-corrected chi connectivity index (χ0v) is 17.6. The Bertz CT molecular complexity index is 999. The quantitative estimate of drug-likeness (QED) is 0.479. The zero-order valence-electron chi connectivity index (χ0n) is 16.0. The summed E-state index contributed by atoms with van der Waals surface area (Å²) in [5.74, 6) is 0.397. The Hall–Kier alpha value is -2.65. The zero-order chi connectivity index (χ0) is 21.5. The maximum absolute atomic E-state index is 12.7. The lowest BCUT2D eigenvalue weighted by atomic mass is 10.2. The van der Waals surface area contributed by atoms with Crippen LogP contribution in [-0.4, -0.2) is 33.0 Å². The largest absolute Gasteiger partial charge is 0.434 e. The molecule has 0 radical (unpaired) electrons. The number of alkyl halides is 2. The molecule has 1 aromatic heterocycles. The minimum Gasteiger partial charge on any atom is -0.434 e. The fourth-order valence-corrected chi connectivity index (χ4v) is 3.67. The van der Waals surface area contributed by atoms with Crippen molar-refractivity contribution in [3.05, 3.63) is 59.1 Å². The van der Waals surface area contributed by atoms with Crippen LogP contribution < -0.4 is 10.1 Å². The van der Waals surface area contributed by atoms with Gasteiger partial charge in [-0.15, -0.1) is 10.2 Å². The molecule has 2 aromatic carbocycles. The summed E-state index contributed by atoms with van der Waals surface area (Å²) in [6.07, 6.45) is 0. The summed E-state index contributed by atoms with van der Waals surface area (Å²) >= 11 is 7.07. The Kier molecular flexibility index (Phi) is 7.64. The fourth-order valence-electron chi connectivity index (χ4n) is 2.71. The number of carbonyl (C=O) groups is 1. The van der Waals surface area contributed by atoms with E-state index in [9.17, 15) is 13.6 Å². The first kappa shape index (κ1) is 22.0. The topological polar surface area (TPSA) is 69.0 Å². The van der Waals surface area contributed by atoms with E-state index in [0.29, 0.717) is 34.7 Å². The number of benzene rings is 2. The molecule has 0 unspecified atom stereocenters. The Balaban J connectivity index is 1.66. The second kappa shape index (κ2) is 10.4. The highest BCUT2D eigenvalue weighted by Crippen LogP contribution is 2.31. The smallest absolute Gasteiger partial charge is 0.387 e. The van der Waals surface area contributed by atoms with E-state index in [1.807, 2.05) is 19.1 Å². The summed E-state index contributed by atoms with van der Waals surface area (Å²) in [5, 5.41) is 12.2. The van der Waals surface area contributed by atoms with E-state index < -0.39 is 6.61 Å². The maximum atomic E-state index is 12.7. The predicted molar refractivity (Wildman–Crippen MR) is 112 cm³/mol. The number of amides is 1. The number of hydrogen-bond acceptors (Lipinski definition) is 5. The number of rotatable bonds is 9. The summed E-state index contributed by atoms with van der Waals surface area (Å²) in [7, 11) is 0. The maximum Gasteiger partial charge on any atom is 0.387 e. The second-order valence-electron chi connectivity index (χ2n) is 6.12. The van der Waals surface area contributed by atoms with Gasteiger partial charge in [0.1, 0.15) is 5.75 Å². The monoisotopic (exact) mass is 452 g/mol. The molecule has 0 atom stereocenters. The van der Waals surface area contributed by atoms with Crippen LogP contribution in [-0.2, 0) is 17.9 Å². The van der Waals surface area contributed by atoms with Gasteiger partial charge in [0.25, 0.3) is 0 Å². The Morgan fingerprint density at radius 2 is 1.93 bits per heavy atom. The number of halogens is 3. The molecule has 1 N–H and O–H groups in total. The van der Waals surface area contributed by atoms with Crippen molar-refractivity contribution in [2.24, 2.45) is 0 Å². The highest BCUT2D eigenvalue weighted by molar-refractivity contribution is 7.99. The molecule has 0 saturated heterocycles. The standard InChI is InChI=1S/C20H19ClF2N4O2S/c1-2-27-18(15-5-3-4-6-16(15)29-19(22)23)25-26-20(27)30-12-17(28)24-11-13-7-9-14(21)10-8-13/h3-10,19H,2,11-12H2,1H3,(H,24,28). The van der Waals surface area contributed by atoms with Gasteiger partial charge in [0, 0.05) is 18.1 Å². The molecule has 10 heteroatoms. The minimum atomic E-state index is -2.94. The van der Waals surface area contributed by atoms with Crippen molar-refractivity contribution >= 4 is 29.3 Å². The van der Waals surface area contributed by atoms with E-state index in [1.165, 1.54) is 17.8 Å². The number of carbonyl (C=O) groups excluding carboxylic acids is 1. The number of ether oxygens (including phenoxy) is 1. The van der Waals surface area contributed by atoms with Gasteiger partial charge in [-0.1, -0.05) is 47.6 Å². The Morgan fingerprint density at radius 3 is 2.63 bits per heavy atom. The number of nitrogens with one attached hydrogen (secondary N) is 1. The number of thioether (sulfide) groups is 1. The van der Waals surface area contributed by atoms with Crippen molar-refractivity contribution in [1.29, 1.82) is 0 Å². The second-order valence-corrected chi connectivity index (χ2v) is 7.50. The van der Waals surface area contributed by atoms with Crippen LogP contribution in [0.5, 0.6) is 5.75 Å². The molecule has 0 aliphatic heterocycles. The van der Waals surface area contributed by atoms with Gasteiger partial charge in [-0.05, 0) is 36.8 Å². The first-order valence-corrected chi connectivity index (χ1v) is 10.5. The predicted octanol–water partition coefficient (Wildman–Crippen LogP) is 4.63. The number of nitrogens with zero attached hydrogens (tertiary/aromatic N) is 3. The van der Waals surface area contributed by atoms with Gasteiger partial charge in [-0.3, -0.25) is 4.79 Å². The first-order valence-electron chi connectivity index (χ1n) is 9.09. The van der Waals surface area contributed by atoms with E-state index in [4.69, 9.17) is 11.6 Å². The third-order valence-corrected chi connectivity index (χ3v) is 5.33. The third kappa shape index (κ3) is 5.70. The molecule has 3 aromatic rings. The molecule has 6 nitrogen and oxygen atoms in total. The summed E-state index contributed by atoms with van der Waals surface area (Å²) in [4.78, 5) is 12.2. The summed E-state index contributed by atoms with van der Waals surface area (Å²) in [5.41, 5.74) is 1.35. The van der Waals surface area contributed by atoms with Gasteiger partial charge in [-0.2, -0.15) is 8.78 Å². The van der Waals surface area contributed by atoms with Gasteiger partial charge in [0.2, 0.25) is 5.91 Å². The van der Waals surface area contributed by atoms with Gasteiger partial charge in [0.05, 0.1) is 11.3 Å². The van der Waals surface area contributed by atoms with Crippen LogP contribution in [0, 0.1) is 0 Å². The minimum absolute atomic E-state index is 0.0202. The third-order valence-electron chi connectivity index (χ3n) is 4.11. The molecule has 0 spiro atoms. The van der Waals surface area contributed by atoms with Crippen LogP contribution in [0.4, 0.5) is 8.78 Å². The van der Waals surface area contributed by atoms with Gasteiger partial charge in [-0.25, -0.2) is 0 Å². The molecular formula is C20H19ClF2N4O2S. The van der Waals surface area contributed by atoms with Crippen LogP contribution in [0.25, 0.3) is 11.4 Å². The van der Waals surface area contributed by atoms with Crippen molar-refractivity contribution in [2.45, 2.75) is 31.8 Å². The lowest BCUT2D eigenvalue weighted by Crippen LogP contribution is -2.24. The summed E-state index contributed by atoms with van der Waals surface area (Å²) in [6, 6.07) is 13.6. The average Bonchev–Trinajstić information content (AvgIpc) is 3.14. The molecule has 0 saturated carbocycles. The molecule has 158 valence electrons. The molecule has 0 fully saturated rings. The lowest BCUT2D eigenvalue weighted by molar-refractivity contribution is -0.118. The van der Waals surface area contributed by atoms with Gasteiger partial charge >= 0.3 is 6.61 Å². The van der Waals surface area contributed by atoms with Crippen molar-refractivity contribution in [3.63, 3.8) is 0 Å². The van der Waals surface area contributed by atoms with Crippen molar-refractivity contribution in [3.8, 4) is 17.1 Å². The van der Waals surface area contributed by atoms with Gasteiger partial charge in [0.15, 0.2) is 11.0 Å². The highest BCUT2D eigenvalue weighted by Gasteiger charge is 2.19. The number of aromatic nitrogens is 3. The lowest BCUT2D eigenvalue weighted by Gasteiger charge is -2.11. The van der Waals surface area contributed by atoms with E-state index in [0.717, 1.165) is 5.56 Å². The molecular weight excluding hydrogens is 434 g/mol. The molecule has 0 bridgehead atoms. The highest BCUT2D eigenvalue weighted by atomic mass is 35.5. The van der Waals surface area contributed by atoms with E-state index in [-0.39, 0.29) is 17.4 Å². The molecule has 1 amide bonds. The fraction of sp³-hybridized carbons (Fsp3) is 0.250. The van der Waals surface area contributed by atoms with Crippen molar-refractivity contribution < 1.29 is 18.3 Å². The van der Waals surface area contributed by atoms with Gasteiger partial charge < -0.3 is 14.6 Å². The molecule has 0 aliphatic rings. The summed E-state index contributed by atoms with van der Waals surface area (Å²) in [6.45, 7) is -0.170. The molecule has 30 heavy (non-hydrogen) atoms. The molecule has 3 rings (SSSR count). The van der Waals surface area contributed by atoms with E-state index in [2.05, 4.69) is 20.3 Å². The first-order chi connectivity index (χ1) is 14.5. The number of hydrogen-bond donors (Lipinski definition) is 1. The molecule has 0 aliphatic carbocycles. The van der Waals surface area contributed by atoms with Crippen LogP contribution in [0.3, 0.4) is 0 Å². The average molecular weight is 453 g/mol. The Labute approximate surface area is 181 Å². The summed E-state index contributed by atoms with van der Waals surface area (Å²) < 4.78 is 31.8. The van der Waals surface area contributed by atoms with E-state index >= 15 is 0 Å². The molecule has 1 heterocycles. The van der Waals surface area contributed by atoms with Crippen molar-refractivity contribution in [1.82, 2.24) is 20.1 Å². The normalized spacial score (nSPS) is 11.0. The number of para-hydroxylation sites is 1. The van der Waals surface area contributed by atoms with Crippen molar-refractivity contribution in [2.75, 3.05) is 5.75 Å². The van der Waals surface area contributed by atoms with Crippen LogP contribution in [0.1, 0.15) is 12.5 Å². The van der Waals surface area contributed by atoms with Crippen LogP contribution in [0.2, 0.25) is 5.02 Å². The SMILES string of the molecule is CCn1c(SCC(=O)NCc2ccc(Cl)cc2)nnc1-c1ccccc1OC(F)F. The van der Waals surface area contributed by atoms with Crippen LogP contribution >= 0.6 is 23.4 Å². The van der Waals surface area contributed by atoms with E-state index in [1.54, 1.807) is 34.9 Å².